The van der Waals surface area contributed by atoms with Crippen LogP contribution in [0.15, 0.2) is 48.5 Å². The average Bonchev–Trinajstić information content (AvgIpc) is 2.99. The molecule has 0 saturated heterocycles. The summed E-state index contributed by atoms with van der Waals surface area (Å²) in [4.78, 5) is 16.2. The third kappa shape index (κ3) is 3.77. The predicted molar refractivity (Wildman–Crippen MR) is 99.8 cm³/mol. The van der Waals surface area contributed by atoms with Crippen molar-refractivity contribution >= 4 is 36.2 Å². The minimum absolute atomic E-state index is 0.0498. The van der Waals surface area contributed by atoms with Gasteiger partial charge in [0.1, 0.15) is 18.4 Å². The fourth-order valence-electron chi connectivity index (χ4n) is 2.51. The lowest BCUT2D eigenvalue weighted by Gasteiger charge is -2.11. The van der Waals surface area contributed by atoms with Gasteiger partial charge in [-0.3, -0.25) is 4.79 Å². The molecule has 0 spiro atoms. The summed E-state index contributed by atoms with van der Waals surface area (Å²) in [5.74, 6) is -0.569. The van der Waals surface area contributed by atoms with Crippen molar-refractivity contribution in [2.75, 3.05) is 5.32 Å². The second-order valence-electron chi connectivity index (χ2n) is 5.61. The van der Waals surface area contributed by atoms with Gasteiger partial charge in [0.25, 0.3) is 12.3 Å². The summed E-state index contributed by atoms with van der Waals surface area (Å²) >= 11 is 0.971. The summed E-state index contributed by atoms with van der Waals surface area (Å²) in [5, 5.41) is 3.18. The zero-order chi connectivity index (χ0) is 18.0. The molecule has 126 valence electrons. The fourth-order valence-corrected chi connectivity index (χ4v) is 3.33. The molecule has 0 saturated carbocycles. The lowest BCUT2D eigenvalue weighted by atomic mass is 9.93. The number of aromatic nitrogens is 1. The Morgan fingerprint density at radius 3 is 2.52 bits per heavy atom. The summed E-state index contributed by atoms with van der Waals surface area (Å²) in [5.41, 5.74) is 3.01. The number of benzene rings is 2. The molecular formula is C18H15BF2N2OS. The first-order valence-corrected chi connectivity index (χ1v) is 8.50. The second-order valence-corrected chi connectivity index (χ2v) is 6.82. The van der Waals surface area contributed by atoms with Gasteiger partial charge in [0.15, 0.2) is 0 Å². The number of carbonyl (C=O) groups is 1. The molecule has 0 aliphatic carbocycles. The number of hydrogen-bond acceptors (Lipinski definition) is 3. The smallest absolute Gasteiger partial charge is 0.282 e. The molecule has 1 amide bonds. The lowest BCUT2D eigenvalue weighted by molar-refractivity contribution is 0.101. The van der Waals surface area contributed by atoms with E-state index in [1.165, 1.54) is 0 Å². The molecular weight excluding hydrogens is 341 g/mol. The first kappa shape index (κ1) is 17.3. The van der Waals surface area contributed by atoms with Crippen LogP contribution in [0.4, 0.5) is 14.5 Å². The van der Waals surface area contributed by atoms with Gasteiger partial charge in [-0.2, -0.15) is 0 Å². The van der Waals surface area contributed by atoms with Crippen LogP contribution in [0.2, 0.25) is 0 Å². The Balaban J connectivity index is 1.94. The molecule has 0 aliphatic rings. The maximum atomic E-state index is 13.1. The Morgan fingerprint density at radius 1 is 1.16 bits per heavy atom. The number of carbonyl (C=O) groups excluding carboxylic acids is 1. The van der Waals surface area contributed by atoms with E-state index in [-0.39, 0.29) is 4.88 Å². The summed E-state index contributed by atoms with van der Waals surface area (Å²) in [7, 11) is 2.00. The van der Waals surface area contributed by atoms with E-state index in [9.17, 15) is 13.6 Å². The van der Waals surface area contributed by atoms with Gasteiger partial charge in [0.05, 0.1) is 5.01 Å². The molecule has 3 nitrogen and oxygen atoms in total. The Morgan fingerprint density at radius 2 is 1.84 bits per heavy atom. The molecule has 3 rings (SSSR count). The number of halogens is 2. The van der Waals surface area contributed by atoms with Crippen LogP contribution < -0.4 is 10.8 Å². The van der Waals surface area contributed by atoms with E-state index in [0.29, 0.717) is 10.7 Å². The predicted octanol–water partition coefficient (Wildman–Crippen LogP) is 3.57. The quantitative estimate of drug-likeness (QED) is 0.727. The summed E-state index contributed by atoms with van der Waals surface area (Å²) in [6.07, 6.45) is -2.78. The van der Waals surface area contributed by atoms with Crippen molar-refractivity contribution in [2.24, 2.45) is 0 Å². The van der Waals surface area contributed by atoms with E-state index >= 15 is 0 Å². The Hall–Kier alpha value is -2.54. The number of alkyl halides is 2. The number of amides is 1. The number of nitrogens with one attached hydrogen (secondary N) is 1. The van der Waals surface area contributed by atoms with Crippen molar-refractivity contribution in [3.8, 4) is 11.1 Å². The molecule has 1 heterocycles. The third-order valence-corrected chi connectivity index (χ3v) is 4.70. The fraction of sp³-hybridized carbons (Fsp3) is 0.111. The van der Waals surface area contributed by atoms with Gasteiger partial charge >= 0.3 is 0 Å². The van der Waals surface area contributed by atoms with E-state index in [4.69, 9.17) is 0 Å². The van der Waals surface area contributed by atoms with Crippen LogP contribution in [0.1, 0.15) is 26.8 Å². The topological polar surface area (TPSA) is 42.0 Å². The van der Waals surface area contributed by atoms with Crippen molar-refractivity contribution in [1.82, 2.24) is 4.98 Å². The molecule has 25 heavy (non-hydrogen) atoms. The van der Waals surface area contributed by atoms with Crippen LogP contribution in [0.5, 0.6) is 0 Å². The number of thiazole rings is 1. The first-order chi connectivity index (χ1) is 12.0. The number of hydrogen-bond donors (Lipinski definition) is 1. The van der Waals surface area contributed by atoms with Crippen LogP contribution in [0.25, 0.3) is 11.1 Å². The van der Waals surface area contributed by atoms with Crippen molar-refractivity contribution in [3.05, 3.63) is 64.1 Å². The Kier molecular flexibility index (Phi) is 4.94. The van der Waals surface area contributed by atoms with Crippen LogP contribution in [0, 0.1) is 6.92 Å². The Labute approximate surface area is 149 Å². The van der Waals surface area contributed by atoms with Gasteiger partial charge in [0.2, 0.25) is 0 Å². The zero-order valence-corrected chi connectivity index (χ0v) is 14.5. The van der Waals surface area contributed by atoms with Crippen LogP contribution in [0.3, 0.4) is 0 Å². The van der Waals surface area contributed by atoms with Gasteiger partial charge in [-0.1, -0.05) is 47.9 Å². The standard InChI is InChI=1S/C18H15BF2N2OS/c1-10-22-15(17(20)21)16(25-10)18(24)23-14-5-3-2-4-13(14)11-6-8-12(19)9-7-11/h2-9,17H,19H2,1H3,(H,23,24). The molecule has 0 fully saturated rings. The van der Waals surface area contributed by atoms with Gasteiger partial charge in [-0.15, -0.1) is 11.3 Å². The molecule has 7 heteroatoms. The van der Waals surface area contributed by atoms with E-state index in [2.05, 4.69) is 10.3 Å². The summed E-state index contributed by atoms with van der Waals surface area (Å²) in [6.45, 7) is 1.60. The summed E-state index contributed by atoms with van der Waals surface area (Å²) in [6, 6.07) is 15.2. The third-order valence-electron chi connectivity index (χ3n) is 3.71. The van der Waals surface area contributed by atoms with Gasteiger partial charge in [0, 0.05) is 11.3 Å². The first-order valence-electron chi connectivity index (χ1n) is 7.68. The summed E-state index contributed by atoms with van der Waals surface area (Å²) < 4.78 is 26.2. The molecule has 0 aliphatic heterocycles. The van der Waals surface area contributed by atoms with Crippen molar-refractivity contribution in [2.45, 2.75) is 13.3 Å². The highest BCUT2D eigenvalue weighted by Gasteiger charge is 2.24. The number of rotatable bonds is 4. The van der Waals surface area contributed by atoms with E-state index in [1.54, 1.807) is 19.1 Å². The number of anilines is 1. The SMILES string of the molecule is Bc1ccc(-c2ccccc2NC(=O)c2sc(C)nc2C(F)F)cc1. The lowest BCUT2D eigenvalue weighted by Crippen LogP contribution is -2.13. The zero-order valence-electron chi connectivity index (χ0n) is 13.7. The van der Waals surface area contributed by atoms with Gasteiger partial charge in [-0.05, 0) is 18.6 Å². The van der Waals surface area contributed by atoms with Crippen molar-refractivity contribution in [3.63, 3.8) is 0 Å². The normalized spacial score (nSPS) is 10.9. The van der Waals surface area contributed by atoms with Crippen molar-refractivity contribution in [1.29, 1.82) is 0 Å². The number of nitrogens with zero attached hydrogens (tertiary/aromatic N) is 1. The van der Waals surface area contributed by atoms with Crippen LogP contribution in [-0.4, -0.2) is 18.7 Å². The van der Waals surface area contributed by atoms with Crippen LogP contribution in [-0.2, 0) is 0 Å². The molecule has 2 aromatic carbocycles. The Bertz CT molecular complexity index is 910. The van der Waals surface area contributed by atoms with Crippen molar-refractivity contribution < 1.29 is 13.6 Å². The monoisotopic (exact) mass is 356 g/mol. The maximum Gasteiger partial charge on any atom is 0.282 e. The number of para-hydroxylation sites is 1. The van der Waals surface area contributed by atoms with E-state index in [0.717, 1.165) is 27.9 Å². The van der Waals surface area contributed by atoms with E-state index in [1.807, 2.05) is 44.2 Å². The molecule has 0 bridgehead atoms. The van der Waals surface area contributed by atoms with Gasteiger partial charge in [-0.25, -0.2) is 13.8 Å². The minimum atomic E-state index is -2.78. The van der Waals surface area contributed by atoms with Crippen LogP contribution >= 0.6 is 11.3 Å². The molecule has 0 atom stereocenters. The van der Waals surface area contributed by atoms with Gasteiger partial charge < -0.3 is 5.32 Å². The molecule has 0 radical (unpaired) electrons. The maximum absolute atomic E-state index is 13.1. The number of aryl methyl sites for hydroxylation is 1. The van der Waals surface area contributed by atoms with E-state index < -0.39 is 18.0 Å². The minimum Gasteiger partial charge on any atom is -0.321 e. The highest BCUT2D eigenvalue weighted by Crippen LogP contribution is 2.31. The highest BCUT2D eigenvalue weighted by atomic mass is 32.1. The second kappa shape index (κ2) is 7.15. The molecule has 0 unspecified atom stereocenters. The largest absolute Gasteiger partial charge is 0.321 e. The average molecular weight is 356 g/mol. The molecule has 3 aromatic rings. The molecule has 1 aromatic heterocycles. The highest BCUT2D eigenvalue weighted by molar-refractivity contribution is 7.13. The molecule has 1 N–H and O–H groups in total.